The van der Waals surface area contributed by atoms with Crippen LogP contribution in [0.1, 0.15) is 18.9 Å². The Morgan fingerprint density at radius 3 is 2.29 bits per heavy atom. The average molecular weight is 296 g/mol. The summed E-state index contributed by atoms with van der Waals surface area (Å²) in [5, 5.41) is 5.63. The van der Waals surface area contributed by atoms with Crippen LogP contribution in [-0.4, -0.2) is 16.5 Å². The van der Waals surface area contributed by atoms with Crippen LogP contribution < -0.4 is 10.6 Å². The van der Waals surface area contributed by atoms with Crippen molar-refractivity contribution in [3.63, 3.8) is 0 Å². The molecule has 112 valence electrons. The van der Waals surface area contributed by atoms with Crippen molar-refractivity contribution in [2.24, 2.45) is 0 Å². The first-order valence-corrected chi connectivity index (χ1v) is 6.50. The molecule has 2 aromatic rings. The molecule has 1 aromatic heterocycles. The number of aromatic nitrogens is 2. The van der Waals surface area contributed by atoms with Crippen molar-refractivity contribution < 1.29 is 13.2 Å². The van der Waals surface area contributed by atoms with E-state index in [1.807, 2.05) is 6.92 Å². The highest BCUT2D eigenvalue weighted by molar-refractivity contribution is 5.65. The summed E-state index contributed by atoms with van der Waals surface area (Å²) < 4.78 is 40.1. The van der Waals surface area contributed by atoms with Gasteiger partial charge in [0.1, 0.15) is 29.5 Å². The number of benzene rings is 1. The van der Waals surface area contributed by atoms with Gasteiger partial charge in [-0.3, -0.25) is 0 Å². The second-order valence-corrected chi connectivity index (χ2v) is 4.49. The van der Waals surface area contributed by atoms with Crippen LogP contribution in [-0.2, 0) is 0 Å². The molecule has 7 heteroatoms. The minimum Gasteiger partial charge on any atom is -0.370 e. The van der Waals surface area contributed by atoms with Crippen LogP contribution in [0.5, 0.6) is 0 Å². The van der Waals surface area contributed by atoms with E-state index in [-0.39, 0.29) is 5.82 Å². The summed E-state index contributed by atoms with van der Waals surface area (Å²) in [4.78, 5) is 8.02. The Kier molecular flexibility index (Phi) is 4.62. The van der Waals surface area contributed by atoms with Crippen LogP contribution in [0.25, 0.3) is 0 Å². The van der Waals surface area contributed by atoms with Gasteiger partial charge < -0.3 is 10.6 Å². The topological polar surface area (TPSA) is 49.8 Å². The fourth-order valence-corrected chi connectivity index (χ4v) is 1.78. The molecule has 0 aliphatic carbocycles. The highest BCUT2D eigenvalue weighted by atomic mass is 19.1. The molecule has 0 unspecified atom stereocenters. The van der Waals surface area contributed by atoms with Crippen molar-refractivity contribution in [3.05, 3.63) is 41.5 Å². The molecule has 0 fully saturated rings. The minimum atomic E-state index is -1.02. The molecule has 0 saturated heterocycles. The number of hydrogen-bond acceptors (Lipinski definition) is 4. The van der Waals surface area contributed by atoms with Crippen LogP contribution in [0, 0.1) is 24.4 Å². The van der Waals surface area contributed by atoms with Gasteiger partial charge >= 0.3 is 0 Å². The molecule has 1 heterocycles. The molecule has 0 spiro atoms. The van der Waals surface area contributed by atoms with Crippen LogP contribution in [0.15, 0.2) is 18.5 Å². The monoisotopic (exact) mass is 296 g/mol. The molecular formula is C14H15F3N4. The van der Waals surface area contributed by atoms with E-state index in [9.17, 15) is 13.2 Å². The van der Waals surface area contributed by atoms with Crippen LogP contribution in [0.3, 0.4) is 0 Å². The van der Waals surface area contributed by atoms with E-state index in [0.717, 1.165) is 13.0 Å². The normalized spacial score (nSPS) is 10.5. The molecular weight excluding hydrogens is 281 g/mol. The molecule has 0 aliphatic rings. The first-order valence-electron chi connectivity index (χ1n) is 6.50. The first kappa shape index (κ1) is 15.1. The highest BCUT2D eigenvalue weighted by Crippen LogP contribution is 2.26. The van der Waals surface area contributed by atoms with Crippen LogP contribution in [0.4, 0.5) is 30.5 Å². The lowest BCUT2D eigenvalue weighted by Gasteiger charge is -2.13. The lowest BCUT2D eigenvalue weighted by molar-refractivity contribution is 0.548. The molecule has 0 aliphatic heterocycles. The number of hydrogen-bond donors (Lipinski definition) is 2. The first-order chi connectivity index (χ1) is 10.0. The number of nitrogens with one attached hydrogen (secondary N) is 2. The zero-order valence-corrected chi connectivity index (χ0v) is 11.7. The highest BCUT2D eigenvalue weighted by Gasteiger charge is 2.14. The van der Waals surface area contributed by atoms with Gasteiger partial charge in [0.05, 0.1) is 0 Å². The van der Waals surface area contributed by atoms with Crippen LogP contribution >= 0.6 is 0 Å². The molecule has 0 saturated carbocycles. The molecule has 0 bridgehead atoms. The predicted octanol–water partition coefficient (Wildman–Crippen LogP) is 3.77. The summed E-state index contributed by atoms with van der Waals surface area (Å²) in [5.41, 5.74) is 0.175. The Morgan fingerprint density at radius 1 is 1.05 bits per heavy atom. The van der Waals surface area contributed by atoms with E-state index < -0.39 is 23.1 Å². The molecule has 2 rings (SSSR count). The fraction of sp³-hybridized carbons (Fsp3) is 0.286. The number of halogens is 3. The third-order valence-corrected chi connectivity index (χ3v) is 2.88. The molecule has 0 amide bonds. The zero-order chi connectivity index (χ0) is 15.4. The summed E-state index contributed by atoms with van der Waals surface area (Å²) in [6.07, 6.45) is 2.19. The van der Waals surface area contributed by atoms with Crippen molar-refractivity contribution in [2.45, 2.75) is 20.3 Å². The number of rotatable bonds is 5. The van der Waals surface area contributed by atoms with Crippen molar-refractivity contribution in [3.8, 4) is 0 Å². The lowest BCUT2D eigenvalue weighted by atomic mass is 10.2. The predicted molar refractivity (Wildman–Crippen MR) is 75.1 cm³/mol. The Hall–Kier alpha value is -2.31. The van der Waals surface area contributed by atoms with E-state index in [1.165, 1.54) is 6.33 Å². The summed E-state index contributed by atoms with van der Waals surface area (Å²) in [5.74, 6) is -2.17. The molecule has 0 atom stereocenters. The molecule has 1 aromatic carbocycles. The quantitative estimate of drug-likeness (QED) is 0.882. The Balaban J connectivity index is 2.32. The van der Waals surface area contributed by atoms with Gasteiger partial charge in [-0.1, -0.05) is 6.92 Å². The third kappa shape index (κ3) is 3.42. The van der Waals surface area contributed by atoms with E-state index in [1.54, 1.807) is 6.92 Å². The SMILES string of the molecule is CCCNc1ncnc(Nc2c(F)cc(F)cc2F)c1C. The largest absolute Gasteiger partial charge is 0.370 e. The summed E-state index contributed by atoms with van der Waals surface area (Å²) in [6.45, 7) is 4.45. The fourth-order valence-electron chi connectivity index (χ4n) is 1.78. The second kappa shape index (κ2) is 6.43. The smallest absolute Gasteiger partial charge is 0.152 e. The zero-order valence-electron chi connectivity index (χ0n) is 11.7. The van der Waals surface area contributed by atoms with Crippen molar-refractivity contribution in [2.75, 3.05) is 17.2 Å². The maximum atomic E-state index is 13.6. The van der Waals surface area contributed by atoms with E-state index >= 15 is 0 Å². The van der Waals surface area contributed by atoms with Gasteiger partial charge in [-0.15, -0.1) is 0 Å². The van der Waals surface area contributed by atoms with Gasteiger partial charge in [-0.2, -0.15) is 0 Å². The van der Waals surface area contributed by atoms with E-state index in [0.29, 0.717) is 23.5 Å². The molecule has 21 heavy (non-hydrogen) atoms. The summed E-state index contributed by atoms with van der Waals surface area (Å²) in [7, 11) is 0. The second-order valence-electron chi connectivity index (χ2n) is 4.49. The lowest BCUT2D eigenvalue weighted by Crippen LogP contribution is -2.08. The van der Waals surface area contributed by atoms with Crippen molar-refractivity contribution in [1.82, 2.24) is 9.97 Å². The van der Waals surface area contributed by atoms with Gasteiger partial charge in [-0.25, -0.2) is 23.1 Å². The average Bonchev–Trinajstić information content (AvgIpc) is 2.43. The van der Waals surface area contributed by atoms with Gasteiger partial charge in [0.2, 0.25) is 0 Å². The van der Waals surface area contributed by atoms with E-state index in [2.05, 4.69) is 20.6 Å². The number of anilines is 3. The molecule has 2 N–H and O–H groups in total. The van der Waals surface area contributed by atoms with Gasteiger partial charge in [0.15, 0.2) is 11.6 Å². The Labute approximate surface area is 120 Å². The maximum absolute atomic E-state index is 13.6. The summed E-state index contributed by atoms with van der Waals surface area (Å²) in [6, 6.07) is 1.22. The van der Waals surface area contributed by atoms with Gasteiger partial charge in [0, 0.05) is 24.2 Å². The van der Waals surface area contributed by atoms with Crippen molar-refractivity contribution >= 4 is 17.3 Å². The minimum absolute atomic E-state index is 0.257. The summed E-state index contributed by atoms with van der Waals surface area (Å²) >= 11 is 0. The standard InChI is InChI=1S/C14H15F3N4/c1-3-4-18-13-8(2)14(20-7-19-13)21-12-10(16)5-9(15)6-11(12)17/h5-7H,3-4H2,1-2H3,(H2,18,19,20,21). The van der Waals surface area contributed by atoms with Gasteiger partial charge in [-0.05, 0) is 13.3 Å². The number of nitrogens with zero attached hydrogens (tertiary/aromatic N) is 2. The Morgan fingerprint density at radius 2 is 1.67 bits per heavy atom. The Bertz CT molecular complexity index is 623. The third-order valence-electron chi connectivity index (χ3n) is 2.88. The molecule has 4 nitrogen and oxygen atoms in total. The van der Waals surface area contributed by atoms with Crippen LogP contribution in [0.2, 0.25) is 0 Å². The molecule has 0 radical (unpaired) electrons. The van der Waals surface area contributed by atoms with E-state index in [4.69, 9.17) is 0 Å². The maximum Gasteiger partial charge on any atom is 0.152 e. The van der Waals surface area contributed by atoms with Crippen molar-refractivity contribution in [1.29, 1.82) is 0 Å². The van der Waals surface area contributed by atoms with Gasteiger partial charge in [0.25, 0.3) is 0 Å².